The SMILES string of the molecule is CCn1c(SCC(=O)N/N=C/c2cccc(OC)c2)nnc1-c1ccc(C(C)(C)C)cc1. The molecule has 0 aliphatic heterocycles. The number of rotatable bonds is 8. The van der Waals surface area contributed by atoms with Crippen molar-refractivity contribution in [2.45, 2.75) is 44.8 Å². The van der Waals surface area contributed by atoms with Gasteiger partial charge in [-0.25, -0.2) is 5.43 Å². The first-order valence-corrected chi connectivity index (χ1v) is 11.4. The van der Waals surface area contributed by atoms with E-state index in [9.17, 15) is 4.79 Å². The van der Waals surface area contributed by atoms with Gasteiger partial charge in [0.2, 0.25) is 0 Å². The smallest absolute Gasteiger partial charge is 0.250 e. The molecule has 1 amide bonds. The zero-order chi connectivity index (χ0) is 23.1. The van der Waals surface area contributed by atoms with Crippen LogP contribution in [0.2, 0.25) is 0 Å². The monoisotopic (exact) mass is 451 g/mol. The van der Waals surface area contributed by atoms with Crippen LogP contribution in [0.15, 0.2) is 58.8 Å². The van der Waals surface area contributed by atoms with Crippen molar-refractivity contribution in [1.29, 1.82) is 0 Å². The topological polar surface area (TPSA) is 81.4 Å². The summed E-state index contributed by atoms with van der Waals surface area (Å²) in [5.41, 5.74) is 5.76. The second-order valence-electron chi connectivity index (χ2n) is 8.24. The number of thioether (sulfide) groups is 1. The van der Waals surface area contributed by atoms with Gasteiger partial charge in [-0.1, -0.05) is 68.9 Å². The summed E-state index contributed by atoms with van der Waals surface area (Å²) in [4.78, 5) is 12.2. The summed E-state index contributed by atoms with van der Waals surface area (Å²) in [6.45, 7) is 9.32. The maximum atomic E-state index is 12.2. The number of hydrazone groups is 1. The van der Waals surface area contributed by atoms with Crippen molar-refractivity contribution in [2.24, 2.45) is 5.10 Å². The Bertz CT molecular complexity index is 1080. The van der Waals surface area contributed by atoms with Crippen LogP contribution in [-0.2, 0) is 16.8 Å². The number of carbonyl (C=O) groups is 1. The molecule has 0 saturated carbocycles. The molecule has 2 aromatic carbocycles. The van der Waals surface area contributed by atoms with Crippen molar-refractivity contribution >= 4 is 23.9 Å². The lowest BCUT2D eigenvalue weighted by atomic mass is 9.87. The third kappa shape index (κ3) is 5.97. The zero-order valence-corrected chi connectivity index (χ0v) is 19.9. The van der Waals surface area contributed by atoms with Crippen LogP contribution in [0.25, 0.3) is 11.4 Å². The number of nitrogens with one attached hydrogen (secondary N) is 1. The molecule has 8 heteroatoms. The van der Waals surface area contributed by atoms with E-state index in [2.05, 4.69) is 65.8 Å². The third-order valence-electron chi connectivity index (χ3n) is 4.87. The number of hydrogen-bond acceptors (Lipinski definition) is 6. The quantitative estimate of drug-likeness (QED) is 0.309. The number of amides is 1. The van der Waals surface area contributed by atoms with Gasteiger partial charge in [-0.3, -0.25) is 4.79 Å². The molecule has 1 heterocycles. The van der Waals surface area contributed by atoms with Crippen molar-refractivity contribution in [3.63, 3.8) is 0 Å². The van der Waals surface area contributed by atoms with Crippen molar-refractivity contribution in [2.75, 3.05) is 12.9 Å². The molecule has 0 unspecified atom stereocenters. The molecule has 0 atom stereocenters. The van der Waals surface area contributed by atoms with Gasteiger partial charge in [0.15, 0.2) is 11.0 Å². The molecule has 0 fully saturated rings. The van der Waals surface area contributed by atoms with E-state index in [1.54, 1.807) is 13.3 Å². The molecule has 1 N–H and O–H groups in total. The molecule has 7 nitrogen and oxygen atoms in total. The summed E-state index contributed by atoms with van der Waals surface area (Å²) in [6, 6.07) is 15.8. The number of hydrogen-bond donors (Lipinski definition) is 1. The Hall–Kier alpha value is -3.13. The Labute approximate surface area is 193 Å². The highest BCUT2D eigenvalue weighted by Crippen LogP contribution is 2.27. The van der Waals surface area contributed by atoms with E-state index in [1.165, 1.54) is 17.3 Å². The van der Waals surface area contributed by atoms with Crippen LogP contribution in [0.4, 0.5) is 0 Å². The van der Waals surface area contributed by atoms with Gasteiger partial charge in [-0.2, -0.15) is 5.10 Å². The van der Waals surface area contributed by atoms with Crippen molar-refractivity contribution in [1.82, 2.24) is 20.2 Å². The first-order chi connectivity index (χ1) is 15.3. The number of ether oxygens (including phenoxy) is 1. The molecular weight excluding hydrogens is 422 g/mol. The lowest BCUT2D eigenvalue weighted by Crippen LogP contribution is -2.20. The highest BCUT2D eigenvalue weighted by atomic mass is 32.2. The van der Waals surface area contributed by atoms with Gasteiger partial charge in [0.05, 0.1) is 19.1 Å². The Morgan fingerprint density at radius 2 is 1.94 bits per heavy atom. The standard InChI is InChI=1S/C24H29N5O2S/c1-6-29-22(18-10-12-19(13-11-18)24(2,3)4)27-28-23(29)32-16-21(30)26-25-15-17-8-7-9-20(14-17)31-5/h7-15H,6,16H2,1-5H3,(H,26,30)/b25-15+. The van der Waals surface area contributed by atoms with E-state index in [0.29, 0.717) is 11.7 Å². The molecule has 3 rings (SSSR count). The van der Waals surface area contributed by atoms with E-state index in [1.807, 2.05) is 35.8 Å². The number of methoxy groups -OCH3 is 1. The van der Waals surface area contributed by atoms with Gasteiger partial charge < -0.3 is 9.30 Å². The van der Waals surface area contributed by atoms with Crippen LogP contribution in [0.3, 0.4) is 0 Å². The molecule has 0 aliphatic rings. The summed E-state index contributed by atoms with van der Waals surface area (Å²) < 4.78 is 7.20. The summed E-state index contributed by atoms with van der Waals surface area (Å²) >= 11 is 1.34. The minimum atomic E-state index is -0.212. The summed E-state index contributed by atoms with van der Waals surface area (Å²) in [5.74, 6) is 1.51. The molecule has 32 heavy (non-hydrogen) atoms. The molecule has 3 aromatic rings. The molecule has 168 valence electrons. The second kappa shape index (κ2) is 10.5. The number of benzene rings is 2. The van der Waals surface area contributed by atoms with E-state index >= 15 is 0 Å². The fourth-order valence-electron chi connectivity index (χ4n) is 3.08. The number of nitrogens with zero attached hydrogens (tertiary/aromatic N) is 4. The molecule has 0 saturated heterocycles. The van der Waals surface area contributed by atoms with Gasteiger partial charge in [0.25, 0.3) is 5.91 Å². The molecular formula is C24H29N5O2S. The Balaban J connectivity index is 1.61. The summed E-state index contributed by atoms with van der Waals surface area (Å²) in [7, 11) is 1.61. The maximum Gasteiger partial charge on any atom is 0.250 e. The average molecular weight is 452 g/mol. The lowest BCUT2D eigenvalue weighted by molar-refractivity contribution is -0.118. The Kier molecular flexibility index (Phi) is 7.69. The number of aromatic nitrogens is 3. The van der Waals surface area contributed by atoms with Crippen LogP contribution < -0.4 is 10.2 Å². The zero-order valence-electron chi connectivity index (χ0n) is 19.1. The normalized spacial score (nSPS) is 11.7. The van der Waals surface area contributed by atoms with E-state index < -0.39 is 0 Å². The van der Waals surface area contributed by atoms with Gasteiger partial charge in [0, 0.05) is 12.1 Å². The van der Waals surface area contributed by atoms with Crippen molar-refractivity contribution in [3.8, 4) is 17.1 Å². The van der Waals surface area contributed by atoms with Crippen LogP contribution >= 0.6 is 11.8 Å². The lowest BCUT2D eigenvalue weighted by Gasteiger charge is -2.19. The van der Waals surface area contributed by atoms with E-state index in [4.69, 9.17) is 4.74 Å². The highest BCUT2D eigenvalue weighted by molar-refractivity contribution is 7.99. The molecule has 1 aromatic heterocycles. The predicted octanol–water partition coefficient (Wildman–Crippen LogP) is 4.51. The van der Waals surface area contributed by atoms with Crippen molar-refractivity contribution < 1.29 is 9.53 Å². The molecule has 0 spiro atoms. The van der Waals surface area contributed by atoms with Gasteiger partial charge in [0.1, 0.15) is 5.75 Å². The number of carbonyl (C=O) groups excluding carboxylic acids is 1. The van der Waals surface area contributed by atoms with Crippen LogP contribution in [0.5, 0.6) is 5.75 Å². The second-order valence-corrected chi connectivity index (χ2v) is 9.18. The van der Waals surface area contributed by atoms with Crippen LogP contribution in [0.1, 0.15) is 38.8 Å². The molecule has 0 radical (unpaired) electrons. The van der Waals surface area contributed by atoms with Gasteiger partial charge in [-0.15, -0.1) is 10.2 Å². The Morgan fingerprint density at radius 1 is 1.19 bits per heavy atom. The van der Waals surface area contributed by atoms with Crippen LogP contribution in [0, 0.1) is 0 Å². The third-order valence-corrected chi connectivity index (χ3v) is 5.84. The average Bonchev–Trinajstić information content (AvgIpc) is 3.20. The van der Waals surface area contributed by atoms with E-state index in [-0.39, 0.29) is 17.1 Å². The minimum Gasteiger partial charge on any atom is -0.497 e. The fraction of sp³-hybridized carbons (Fsp3) is 0.333. The summed E-state index contributed by atoms with van der Waals surface area (Å²) in [6.07, 6.45) is 1.58. The Morgan fingerprint density at radius 3 is 2.59 bits per heavy atom. The first-order valence-electron chi connectivity index (χ1n) is 10.4. The fourth-order valence-corrected chi connectivity index (χ4v) is 3.87. The van der Waals surface area contributed by atoms with E-state index in [0.717, 1.165) is 22.7 Å². The minimum absolute atomic E-state index is 0.0976. The summed E-state index contributed by atoms with van der Waals surface area (Å²) in [5, 5.41) is 13.4. The largest absolute Gasteiger partial charge is 0.497 e. The van der Waals surface area contributed by atoms with Gasteiger partial charge in [-0.05, 0) is 35.6 Å². The van der Waals surface area contributed by atoms with Crippen molar-refractivity contribution in [3.05, 3.63) is 59.7 Å². The molecule has 0 bridgehead atoms. The highest BCUT2D eigenvalue weighted by Gasteiger charge is 2.17. The first kappa shape index (κ1) is 23.5. The maximum absolute atomic E-state index is 12.2. The molecule has 0 aliphatic carbocycles. The predicted molar refractivity (Wildman–Crippen MR) is 129 cm³/mol. The van der Waals surface area contributed by atoms with Gasteiger partial charge >= 0.3 is 0 Å². The van der Waals surface area contributed by atoms with Crippen LogP contribution in [-0.4, -0.2) is 39.7 Å².